The minimum atomic E-state index is 0.0692. The van der Waals surface area contributed by atoms with E-state index < -0.39 is 0 Å². The zero-order chi connectivity index (χ0) is 19.8. The molecule has 0 unspecified atom stereocenters. The van der Waals surface area contributed by atoms with Crippen molar-refractivity contribution in [3.8, 4) is 0 Å². The van der Waals surface area contributed by atoms with Crippen LogP contribution in [0.4, 0.5) is 10.9 Å². The number of aromatic nitrogens is 3. The van der Waals surface area contributed by atoms with Crippen molar-refractivity contribution in [1.29, 1.82) is 0 Å². The molecule has 7 nitrogen and oxygen atoms in total. The monoisotopic (exact) mass is 424 g/mol. The van der Waals surface area contributed by atoms with Crippen LogP contribution in [-0.4, -0.2) is 65.5 Å². The van der Waals surface area contributed by atoms with Crippen molar-refractivity contribution in [3.05, 3.63) is 42.0 Å². The molecule has 1 saturated heterocycles. The largest absolute Gasteiger partial charge is 0.353 e. The molecule has 5 rings (SSSR count). The van der Waals surface area contributed by atoms with Crippen molar-refractivity contribution in [2.75, 3.05) is 49.6 Å². The van der Waals surface area contributed by atoms with Gasteiger partial charge in [-0.05, 0) is 23.6 Å². The highest BCUT2D eigenvalue weighted by Gasteiger charge is 2.24. The second-order valence-electron chi connectivity index (χ2n) is 7.02. The average molecular weight is 425 g/mol. The predicted octanol–water partition coefficient (Wildman–Crippen LogP) is 3.09. The van der Waals surface area contributed by atoms with Gasteiger partial charge in [-0.3, -0.25) is 14.6 Å². The van der Waals surface area contributed by atoms with Gasteiger partial charge in [0, 0.05) is 33.2 Å². The molecule has 0 bridgehead atoms. The van der Waals surface area contributed by atoms with Gasteiger partial charge in [0.1, 0.15) is 17.0 Å². The number of anilines is 2. The molecule has 29 heavy (non-hydrogen) atoms. The highest BCUT2D eigenvalue weighted by atomic mass is 32.1. The van der Waals surface area contributed by atoms with E-state index in [2.05, 4.69) is 36.2 Å². The van der Waals surface area contributed by atoms with Crippen LogP contribution in [0, 0.1) is 0 Å². The Labute approximate surface area is 176 Å². The molecular formula is C20H20N6OS2. The predicted molar refractivity (Wildman–Crippen MR) is 119 cm³/mol. The third-order valence-electron chi connectivity index (χ3n) is 5.22. The number of piperazine rings is 1. The quantitative estimate of drug-likeness (QED) is 0.502. The Hall–Kier alpha value is -2.62. The van der Waals surface area contributed by atoms with Crippen LogP contribution >= 0.6 is 22.7 Å². The van der Waals surface area contributed by atoms with E-state index in [4.69, 9.17) is 0 Å². The van der Waals surface area contributed by atoms with Crippen molar-refractivity contribution in [3.63, 3.8) is 0 Å². The summed E-state index contributed by atoms with van der Waals surface area (Å²) in [7, 11) is 1.81. The van der Waals surface area contributed by atoms with Crippen LogP contribution in [0.15, 0.2) is 42.0 Å². The summed E-state index contributed by atoms with van der Waals surface area (Å²) in [6.45, 7) is 3.75. The summed E-state index contributed by atoms with van der Waals surface area (Å²) in [6.07, 6.45) is 1.64. The second kappa shape index (κ2) is 7.66. The molecule has 1 amide bonds. The summed E-state index contributed by atoms with van der Waals surface area (Å²) in [4.78, 5) is 33.4. The molecular weight excluding hydrogens is 404 g/mol. The maximum absolute atomic E-state index is 12.8. The molecule has 9 heteroatoms. The highest BCUT2D eigenvalue weighted by molar-refractivity contribution is 7.22. The first-order valence-corrected chi connectivity index (χ1v) is 11.2. The van der Waals surface area contributed by atoms with Crippen LogP contribution < -0.4 is 9.80 Å². The molecule has 148 valence electrons. The Kier molecular flexibility index (Phi) is 4.86. The van der Waals surface area contributed by atoms with Crippen LogP contribution in [0.1, 0.15) is 0 Å². The van der Waals surface area contributed by atoms with Gasteiger partial charge >= 0.3 is 0 Å². The van der Waals surface area contributed by atoms with Gasteiger partial charge in [-0.15, -0.1) is 11.3 Å². The minimum absolute atomic E-state index is 0.0692. The molecule has 1 fully saturated rings. The van der Waals surface area contributed by atoms with E-state index in [-0.39, 0.29) is 5.91 Å². The summed E-state index contributed by atoms with van der Waals surface area (Å²) in [5.41, 5.74) is 0.936. The van der Waals surface area contributed by atoms with E-state index in [0.29, 0.717) is 6.54 Å². The zero-order valence-electron chi connectivity index (χ0n) is 16.0. The lowest BCUT2D eigenvalue weighted by molar-refractivity contribution is -0.119. The third-order valence-corrected chi connectivity index (χ3v) is 7.15. The average Bonchev–Trinajstić information content (AvgIpc) is 3.40. The highest BCUT2D eigenvalue weighted by Crippen LogP contribution is 2.29. The summed E-state index contributed by atoms with van der Waals surface area (Å²) in [5, 5.41) is 3.91. The Balaban J connectivity index is 1.22. The smallest absolute Gasteiger partial charge is 0.242 e. The molecule has 1 aliphatic rings. The van der Waals surface area contributed by atoms with Gasteiger partial charge in [0.05, 0.1) is 22.1 Å². The number of hydrogen-bond acceptors (Lipinski definition) is 8. The van der Waals surface area contributed by atoms with E-state index in [9.17, 15) is 4.79 Å². The van der Waals surface area contributed by atoms with Crippen LogP contribution in [0.5, 0.6) is 0 Å². The van der Waals surface area contributed by atoms with Crippen molar-refractivity contribution >= 4 is 60.0 Å². The Morgan fingerprint density at radius 1 is 1.14 bits per heavy atom. The lowest BCUT2D eigenvalue weighted by Crippen LogP contribution is -2.50. The zero-order valence-corrected chi connectivity index (χ0v) is 17.6. The number of likely N-dealkylation sites (N-methyl/N-ethyl adjacent to an activating group) is 1. The Morgan fingerprint density at radius 2 is 1.97 bits per heavy atom. The van der Waals surface area contributed by atoms with Crippen molar-refractivity contribution in [2.45, 2.75) is 0 Å². The number of thiophene rings is 1. The second-order valence-corrected chi connectivity index (χ2v) is 8.92. The molecule has 0 spiro atoms. The summed E-state index contributed by atoms with van der Waals surface area (Å²) < 4.78 is 1.10. The third kappa shape index (κ3) is 3.57. The number of rotatable bonds is 4. The van der Waals surface area contributed by atoms with Crippen LogP contribution in [0.2, 0.25) is 0 Å². The standard InChI is InChI=1S/C20H20N6OS2/c1-24(20-23-15-4-2-3-5-16(15)29-20)17(27)12-25-7-9-26(10-8-25)18-14-6-11-28-19(14)22-13-21-18/h2-6,11,13H,7-10,12H2,1H3. The van der Waals surface area contributed by atoms with Crippen molar-refractivity contribution in [2.24, 2.45) is 0 Å². The number of thiazole rings is 1. The lowest BCUT2D eigenvalue weighted by Gasteiger charge is -2.35. The first-order chi connectivity index (χ1) is 14.2. The number of fused-ring (bicyclic) bond motifs is 2. The van der Waals surface area contributed by atoms with Crippen LogP contribution in [0.25, 0.3) is 20.4 Å². The first-order valence-electron chi connectivity index (χ1n) is 9.47. The van der Waals surface area contributed by atoms with E-state index in [0.717, 1.165) is 57.6 Å². The fourth-order valence-corrected chi connectivity index (χ4v) is 5.23. The molecule has 0 atom stereocenters. The summed E-state index contributed by atoms with van der Waals surface area (Å²) >= 11 is 3.18. The SMILES string of the molecule is CN(C(=O)CN1CCN(c2ncnc3sccc23)CC1)c1nc2ccccc2s1. The van der Waals surface area contributed by atoms with Gasteiger partial charge in [0.2, 0.25) is 5.91 Å². The number of benzene rings is 1. The van der Waals surface area contributed by atoms with E-state index in [1.165, 1.54) is 0 Å². The molecule has 4 aromatic rings. The molecule has 0 saturated carbocycles. The molecule has 4 heterocycles. The van der Waals surface area contributed by atoms with Crippen LogP contribution in [0.3, 0.4) is 0 Å². The van der Waals surface area contributed by atoms with Crippen molar-refractivity contribution in [1.82, 2.24) is 19.9 Å². The van der Waals surface area contributed by atoms with Gasteiger partial charge in [0.25, 0.3) is 0 Å². The number of para-hydroxylation sites is 1. The maximum Gasteiger partial charge on any atom is 0.242 e. The van der Waals surface area contributed by atoms with Gasteiger partial charge < -0.3 is 4.90 Å². The van der Waals surface area contributed by atoms with Gasteiger partial charge in [0.15, 0.2) is 5.13 Å². The number of carbonyl (C=O) groups excluding carboxylic acids is 1. The van der Waals surface area contributed by atoms with E-state index in [1.54, 1.807) is 33.9 Å². The number of carbonyl (C=O) groups is 1. The lowest BCUT2D eigenvalue weighted by atomic mass is 10.2. The van der Waals surface area contributed by atoms with Gasteiger partial charge in [-0.2, -0.15) is 0 Å². The molecule has 1 aliphatic heterocycles. The molecule has 0 aliphatic carbocycles. The number of nitrogens with zero attached hydrogens (tertiary/aromatic N) is 6. The number of hydrogen-bond donors (Lipinski definition) is 0. The van der Waals surface area contributed by atoms with Crippen molar-refractivity contribution < 1.29 is 4.79 Å². The minimum Gasteiger partial charge on any atom is -0.353 e. The van der Waals surface area contributed by atoms with Gasteiger partial charge in [-0.1, -0.05) is 23.5 Å². The fourth-order valence-electron chi connectivity index (χ4n) is 3.55. The molecule has 3 aromatic heterocycles. The molecule has 0 N–H and O–H groups in total. The maximum atomic E-state index is 12.8. The molecule has 1 aromatic carbocycles. The number of amides is 1. The van der Waals surface area contributed by atoms with Crippen LogP contribution in [-0.2, 0) is 4.79 Å². The summed E-state index contributed by atoms with van der Waals surface area (Å²) in [5.74, 6) is 1.06. The summed E-state index contributed by atoms with van der Waals surface area (Å²) in [6, 6.07) is 10.1. The topological polar surface area (TPSA) is 65.5 Å². The Bertz CT molecular complexity index is 1130. The normalized spacial score (nSPS) is 15.3. The first kappa shape index (κ1) is 18.4. The Morgan fingerprint density at radius 3 is 2.79 bits per heavy atom. The van der Waals surface area contributed by atoms with E-state index in [1.807, 2.05) is 31.3 Å². The van der Waals surface area contributed by atoms with E-state index >= 15 is 0 Å². The van der Waals surface area contributed by atoms with Gasteiger partial charge in [-0.25, -0.2) is 15.0 Å². The molecule has 0 radical (unpaired) electrons. The fraction of sp³-hybridized carbons (Fsp3) is 0.300.